The maximum atomic E-state index is 11.6. The number of nitro benzene ring substituents is 1. The molecule has 0 spiro atoms. The second-order valence-corrected chi connectivity index (χ2v) is 4.85. The first kappa shape index (κ1) is 14.7. The smallest absolute Gasteiger partial charge is 0.348 e. The number of nitro groups is 1. The number of hydrogen-bond acceptors (Lipinski definition) is 6. The Morgan fingerprint density at radius 2 is 1.95 bits per heavy atom. The highest BCUT2D eigenvalue weighted by Gasteiger charge is 2.11. The van der Waals surface area contributed by atoms with Gasteiger partial charge in [0.1, 0.15) is 4.88 Å². The van der Waals surface area contributed by atoms with E-state index in [1.54, 1.807) is 17.5 Å². The van der Waals surface area contributed by atoms with Crippen LogP contribution in [-0.2, 0) is 9.53 Å². The number of carbonyl (C=O) groups excluding carboxylic acids is 2. The van der Waals surface area contributed by atoms with E-state index >= 15 is 0 Å². The minimum absolute atomic E-state index is 0.0721. The summed E-state index contributed by atoms with van der Waals surface area (Å²) in [6.07, 6.45) is 0. The first-order valence-electron chi connectivity index (χ1n) is 5.81. The zero-order chi connectivity index (χ0) is 15.2. The van der Waals surface area contributed by atoms with Gasteiger partial charge in [-0.3, -0.25) is 14.9 Å². The van der Waals surface area contributed by atoms with Crippen LogP contribution in [0.2, 0.25) is 0 Å². The minimum Gasteiger partial charge on any atom is -0.451 e. The second kappa shape index (κ2) is 6.62. The molecule has 2 rings (SSSR count). The van der Waals surface area contributed by atoms with Gasteiger partial charge in [0.05, 0.1) is 4.92 Å². The number of carbonyl (C=O) groups is 2. The van der Waals surface area contributed by atoms with Crippen molar-refractivity contribution in [1.29, 1.82) is 0 Å². The van der Waals surface area contributed by atoms with Gasteiger partial charge < -0.3 is 10.1 Å². The van der Waals surface area contributed by atoms with E-state index in [1.807, 2.05) is 0 Å². The highest BCUT2D eigenvalue weighted by atomic mass is 32.1. The number of non-ortho nitro benzene ring substituents is 1. The molecule has 0 saturated carbocycles. The highest BCUT2D eigenvalue weighted by Crippen LogP contribution is 2.15. The summed E-state index contributed by atoms with van der Waals surface area (Å²) in [5.74, 6) is -1.09. The first-order chi connectivity index (χ1) is 10.1. The van der Waals surface area contributed by atoms with Crippen molar-refractivity contribution in [2.75, 3.05) is 11.9 Å². The van der Waals surface area contributed by atoms with Gasteiger partial charge in [0.25, 0.3) is 11.6 Å². The molecule has 0 aliphatic rings. The van der Waals surface area contributed by atoms with Crippen molar-refractivity contribution in [3.63, 3.8) is 0 Å². The van der Waals surface area contributed by atoms with Gasteiger partial charge in [0.2, 0.25) is 0 Å². The van der Waals surface area contributed by atoms with Crippen molar-refractivity contribution in [3.8, 4) is 0 Å². The fourth-order valence-electron chi connectivity index (χ4n) is 1.46. The van der Waals surface area contributed by atoms with E-state index < -0.39 is 23.4 Å². The molecule has 0 aliphatic carbocycles. The summed E-state index contributed by atoms with van der Waals surface area (Å²) in [7, 11) is 0. The first-order valence-corrected chi connectivity index (χ1v) is 6.69. The van der Waals surface area contributed by atoms with Gasteiger partial charge in [0.15, 0.2) is 6.61 Å². The molecular weight excluding hydrogens is 296 g/mol. The number of amides is 1. The highest BCUT2D eigenvalue weighted by molar-refractivity contribution is 7.11. The van der Waals surface area contributed by atoms with E-state index in [0.717, 1.165) is 0 Å². The Bertz CT molecular complexity index is 652. The summed E-state index contributed by atoms with van der Waals surface area (Å²) in [6.45, 7) is -0.423. The molecule has 21 heavy (non-hydrogen) atoms. The zero-order valence-electron chi connectivity index (χ0n) is 10.6. The van der Waals surface area contributed by atoms with Crippen molar-refractivity contribution in [2.24, 2.45) is 0 Å². The summed E-state index contributed by atoms with van der Waals surface area (Å²) in [6, 6.07) is 8.65. The maximum absolute atomic E-state index is 11.6. The average molecular weight is 306 g/mol. The normalized spacial score (nSPS) is 9.90. The van der Waals surface area contributed by atoms with Crippen LogP contribution in [0.1, 0.15) is 9.67 Å². The van der Waals surface area contributed by atoms with Crippen molar-refractivity contribution in [2.45, 2.75) is 0 Å². The van der Waals surface area contributed by atoms with Crippen LogP contribution in [0.4, 0.5) is 11.4 Å². The molecule has 7 nitrogen and oxygen atoms in total. The van der Waals surface area contributed by atoms with Crippen LogP contribution in [0.3, 0.4) is 0 Å². The largest absolute Gasteiger partial charge is 0.451 e. The Morgan fingerprint density at radius 3 is 2.52 bits per heavy atom. The molecule has 0 bridgehead atoms. The summed E-state index contributed by atoms with van der Waals surface area (Å²) >= 11 is 1.22. The Morgan fingerprint density at radius 1 is 1.24 bits per heavy atom. The van der Waals surface area contributed by atoms with Gasteiger partial charge in [-0.05, 0) is 23.6 Å². The molecule has 1 aromatic carbocycles. The average Bonchev–Trinajstić information content (AvgIpc) is 2.99. The Balaban J connectivity index is 1.84. The van der Waals surface area contributed by atoms with Gasteiger partial charge >= 0.3 is 5.97 Å². The van der Waals surface area contributed by atoms with Crippen molar-refractivity contribution < 1.29 is 19.2 Å². The fraction of sp³-hybridized carbons (Fsp3) is 0.0769. The molecule has 0 aliphatic heterocycles. The standard InChI is InChI=1S/C13H10N2O5S/c16-12(8-20-13(17)11-2-1-7-21-11)14-9-3-5-10(6-4-9)15(18)19/h1-7H,8H2,(H,14,16). The van der Waals surface area contributed by atoms with Crippen molar-refractivity contribution in [1.82, 2.24) is 0 Å². The number of benzene rings is 1. The molecule has 0 saturated heterocycles. The fourth-order valence-corrected chi connectivity index (χ4v) is 2.08. The quantitative estimate of drug-likeness (QED) is 0.519. The molecule has 1 amide bonds. The maximum Gasteiger partial charge on any atom is 0.348 e. The van der Waals surface area contributed by atoms with Gasteiger partial charge in [-0.15, -0.1) is 11.3 Å². The lowest BCUT2D eigenvalue weighted by Gasteiger charge is -2.05. The third kappa shape index (κ3) is 4.11. The van der Waals surface area contributed by atoms with Gasteiger partial charge in [0, 0.05) is 17.8 Å². The molecule has 0 radical (unpaired) electrons. The molecule has 0 atom stereocenters. The predicted molar refractivity (Wildman–Crippen MR) is 76.3 cm³/mol. The lowest BCUT2D eigenvalue weighted by atomic mass is 10.3. The molecule has 8 heteroatoms. The molecular formula is C13H10N2O5S. The van der Waals surface area contributed by atoms with Crippen LogP contribution in [-0.4, -0.2) is 23.4 Å². The summed E-state index contributed by atoms with van der Waals surface area (Å²) < 4.78 is 4.83. The summed E-state index contributed by atoms with van der Waals surface area (Å²) in [4.78, 5) is 33.5. The molecule has 0 fully saturated rings. The molecule has 1 aromatic heterocycles. The van der Waals surface area contributed by atoms with Crippen LogP contribution in [0.15, 0.2) is 41.8 Å². The third-order valence-electron chi connectivity index (χ3n) is 2.42. The number of esters is 1. The molecule has 108 valence electrons. The number of rotatable bonds is 5. The van der Waals surface area contributed by atoms with Crippen LogP contribution in [0.25, 0.3) is 0 Å². The van der Waals surface area contributed by atoms with Gasteiger partial charge in [-0.1, -0.05) is 6.07 Å². The Hall–Kier alpha value is -2.74. The lowest BCUT2D eigenvalue weighted by Crippen LogP contribution is -2.20. The molecule has 1 heterocycles. The Kier molecular flexibility index (Phi) is 4.62. The monoisotopic (exact) mass is 306 g/mol. The predicted octanol–water partition coefficient (Wildman–Crippen LogP) is 2.45. The van der Waals surface area contributed by atoms with E-state index in [9.17, 15) is 19.7 Å². The number of ether oxygens (including phenoxy) is 1. The van der Waals surface area contributed by atoms with E-state index in [4.69, 9.17) is 4.74 Å². The summed E-state index contributed by atoms with van der Waals surface area (Å²) in [5.41, 5.74) is 0.315. The number of nitrogens with zero attached hydrogens (tertiary/aromatic N) is 1. The van der Waals surface area contributed by atoms with Gasteiger partial charge in [-0.25, -0.2) is 4.79 Å². The lowest BCUT2D eigenvalue weighted by molar-refractivity contribution is -0.384. The molecule has 0 unspecified atom stereocenters. The molecule has 1 N–H and O–H groups in total. The zero-order valence-corrected chi connectivity index (χ0v) is 11.5. The van der Waals surface area contributed by atoms with Crippen LogP contribution in [0.5, 0.6) is 0 Å². The van der Waals surface area contributed by atoms with Crippen molar-refractivity contribution >= 4 is 34.6 Å². The number of anilines is 1. The van der Waals surface area contributed by atoms with E-state index in [2.05, 4.69) is 5.32 Å². The van der Waals surface area contributed by atoms with Crippen molar-refractivity contribution in [3.05, 3.63) is 56.8 Å². The van der Waals surface area contributed by atoms with Crippen LogP contribution in [0, 0.1) is 10.1 Å². The SMILES string of the molecule is O=C(COC(=O)c1cccs1)Nc1ccc([N+](=O)[O-])cc1. The summed E-state index contributed by atoms with van der Waals surface area (Å²) in [5, 5.41) is 14.7. The van der Waals surface area contributed by atoms with Crippen LogP contribution < -0.4 is 5.32 Å². The number of thiophene rings is 1. The van der Waals surface area contributed by atoms with E-state index in [-0.39, 0.29) is 5.69 Å². The van der Waals surface area contributed by atoms with E-state index in [0.29, 0.717) is 10.6 Å². The van der Waals surface area contributed by atoms with E-state index in [1.165, 1.54) is 35.6 Å². The Labute approximate surface area is 123 Å². The molecule has 2 aromatic rings. The van der Waals surface area contributed by atoms with Crippen LogP contribution >= 0.6 is 11.3 Å². The third-order valence-corrected chi connectivity index (χ3v) is 3.27. The number of nitrogens with one attached hydrogen (secondary N) is 1. The second-order valence-electron chi connectivity index (χ2n) is 3.91. The minimum atomic E-state index is -0.566. The topological polar surface area (TPSA) is 98.5 Å². The number of hydrogen-bond donors (Lipinski definition) is 1. The van der Waals surface area contributed by atoms with Gasteiger partial charge in [-0.2, -0.15) is 0 Å².